The molecule has 1 amide bonds. The van der Waals surface area contributed by atoms with Crippen LogP contribution in [0.4, 0.5) is 0 Å². The Bertz CT molecular complexity index is 1100. The molecule has 1 aliphatic carbocycles. The van der Waals surface area contributed by atoms with Crippen molar-refractivity contribution in [2.75, 3.05) is 0 Å². The smallest absolute Gasteiger partial charge is 0.253 e. The molecular weight excluding hydrogens is 368 g/mol. The molecule has 0 saturated heterocycles. The number of nitrogens with zero attached hydrogens (tertiary/aromatic N) is 3. The lowest BCUT2D eigenvalue weighted by molar-refractivity contribution is 0.0952. The topological polar surface area (TPSA) is 51.3 Å². The van der Waals surface area contributed by atoms with Crippen LogP contribution < -0.4 is 5.32 Å². The first kappa shape index (κ1) is 17.3. The zero-order valence-corrected chi connectivity index (χ0v) is 16.4. The normalized spacial score (nSPS) is 14.7. The van der Waals surface area contributed by atoms with Crippen LogP contribution in [-0.4, -0.2) is 20.1 Å². The Balaban J connectivity index is 1.47. The van der Waals surface area contributed by atoms with Gasteiger partial charge in [-0.3, -0.25) is 9.48 Å². The van der Waals surface area contributed by atoms with Gasteiger partial charge in [0.2, 0.25) is 0 Å². The highest BCUT2D eigenvalue weighted by atomic mass is 32.1. The Kier molecular flexibility index (Phi) is 4.49. The molecule has 1 fully saturated rings. The minimum absolute atomic E-state index is 0.0589. The minimum atomic E-state index is -0.0589. The summed E-state index contributed by atoms with van der Waals surface area (Å²) in [6, 6.07) is 12.5. The second-order valence-electron chi connectivity index (χ2n) is 7.33. The lowest BCUT2D eigenvalue weighted by Gasteiger charge is -2.08. The van der Waals surface area contributed by atoms with E-state index in [1.807, 2.05) is 41.9 Å². The van der Waals surface area contributed by atoms with E-state index in [-0.39, 0.29) is 5.91 Å². The number of hydrogen-bond acceptors (Lipinski definition) is 3. The predicted octanol–water partition coefficient (Wildman–Crippen LogP) is 4.91. The number of pyridine rings is 1. The van der Waals surface area contributed by atoms with Crippen LogP contribution in [0.3, 0.4) is 0 Å². The molecule has 4 heterocycles. The summed E-state index contributed by atoms with van der Waals surface area (Å²) in [7, 11) is 0. The summed E-state index contributed by atoms with van der Waals surface area (Å²) in [6.45, 7) is 0.540. The van der Waals surface area contributed by atoms with Crippen molar-refractivity contribution in [2.24, 2.45) is 0 Å². The van der Waals surface area contributed by atoms with E-state index in [0.29, 0.717) is 18.2 Å². The summed E-state index contributed by atoms with van der Waals surface area (Å²) in [5.41, 5.74) is 4.56. The molecule has 0 aromatic carbocycles. The van der Waals surface area contributed by atoms with Crippen LogP contribution >= 0.6 is 11.3 Å². The minimum Gasteiger partial charge on any atom is -0.348 e. The Morgan fingerprint density at radius 1 is 1.18 bits per heavy atom. The van der Waals surface area contributed by atoms with E-state index >= 15 is 0 Å². The van der Waals surface area contributed by atoms with Crippen molar-refractivity contribution >= 4 is 22.8 Å². The van der Waals surface area contributed by atoms with E-state index in [1.165, 1.54) is 25.7 Å². The fourth-order valence-electron chi connectivity index (χ4n) is 4.05. The summed E-state index contributed by atoms with van der Waals surface area (Å²) in [6.07, 6.45) is 9.03. The first-order valence-corrected chi connectivity index (χ1v) is 10.7. The molecule has 0 atom stereocenters. The largest absolute Gasteiger partial charge is 0.348 e. The van der Waals surface area contributed by atoms with Gasteiger partial charge in [-0.15, -0.1) is 0 Å². The van der Waals surface area contributed by atoms with Crippen LogP contribution in [0, 0.1) is 0 Å². The Morgan fingerprint density at radius 3 is 2.89 bits per heavy atom. The summed E-state index contributed by atoms with van der Waals surface area (Å²) < 4.78 is 4.15. The monoisotopic (exact) mass is 390 g/mol. The number of aromatic nitrogens is 3. The second-order valence-corrected chi connectivity index (χ2v) is 8.11. The lowest BCUT2D eigenvalue weighted by atomic mass is 10.2. The van der Waals surface area contributed by atoms with E-state index < -0.39 is 0 Å². The highest BCUT2D eigenvalue weighted by molar-refractivity contribution is 7.07. The number of thiophene rings is 1. The summed E-state index contributed by atoms with van der Waals surface area (Å²) in [5, 5.41) is 12.0. The number of carbonyl (C=O) groups excluding carboxylic acids is 1. The van der Waals surface area contributed by atoms with Gasteiger partial charge in [0, 0.05) is 18.9 Å². The molecule has 0 aliphatic heterocycles. The zero-order chi connectivity index (χ0) is 18.9. The number of hydrogen-bond donors (Lipinski definition) is 1. The third-order valence-corrected chi connectivity index (χ3v) is 6.26. The summed E-state index contributed by atoms with van der Waals surface area (Å²) >= 11 is 1.64. The van der Waals surface area contributed by atoms with Gasteiger partial charge in [0.15, 0.2) is 0 Å². The fraction of sp³-hybridized carbons (Fsp3) is 0.273. The lowest BCUT2D eigenvalue weighted by Crippen LogP contribution is -2.22. The molecule has 5 rings (SSSR count). The number of fused-ring (bicyclic) bond motifs is 1. The molecule has 4 aromatic heterocycles. The zero-order valence-electron chi connectivity index (χ0n) is 15.5. The molecule has 4 aromatic rings. The van der Waals surface area contributed by atoms with Gasteiger partial charge in [0.05, 0.1) is 22.8 Å². The quantitative estimate of drug-likeness (QED) is 0.526. The maximum Gasteiger partial charge on any atom is 0.253 e. The van der Waals surface area contributed by atoms with E-state index in [4.69, 9.17) is 5.10 Å². The van der Waals surface area contributed by atoms with Gasteiger partial charge in [-0.2, -0.15) is 16.4 Å². The van der Waals surface area contributed by atoms with Gasteiger partial charge in [-0.1, -0.05) is 18.9 Å². The highest BCUT2D eigenvalue weighted by Gasteiger charge is 2.20. The Morgan fingerprint density at radius 2 is 2.07 bits per heavy atom. The van der Waals surface area contributed by atoms with Crippen LogP contribution in [0.25, 0.3) is 16.9 Å². The van der Waals surface area contributed by atoms with Crippen LogP contribution in [-0.2, 0) is 6.54 Å². The Hall–Kier alpha value is -2.86. The number of amides is 1. The van der Waals surface area contributed by atoms with Crippen LogP contribution in [0.1, 0.15) is 47.6 Å². The van der Waals surface area contributed by atoms with Crippen molar-refractivity contribution in [1.29, 1.82) is 0 Å². The van der Waals surface area contributed by atoms with Crippen molar-refractivity contribution < 1.29 is 4.79 Å². The number of nitrogens with one attached hydrogen (secondary N) is 1. The molecule has 0 bridgehead atoms. The maximum absolute atomic E-state index is 12.9. The van der Waals surface area contributed by atoms with Crippen molar-refractivity contribution in [3.63, 3.8) is 0 Å². The van der Waals surface area contributed by atoms with E-state index in [1.54, 1.807) is 11.3 Å². The van der Waals surface area contributed by atoms with E-state index in [9.17, 15) is 4.79 Å². The van der Waals surface area contributed by atoms with Gasteiger partial charge < -0.3 is 9.72 Å². The molecule has 0 radical (unpaired) electrons. The first-order chi connectivity index (χ1) is 13.8. The van der Waals surface area contributed by atoms with Gasteiger partial charge in [-0.25, -0.2) is 0 Å². The van der Waals surface area contributed by atoms with E-state index in [0.717, 1.165) is 22.5 Å². The molecular formula is C22H22N4OS. The number of carbonyl (C=O) groups is 1. The second kappa shape index (κ2) is 7.28. The molecule has 28 heavy (non-hydrogen) atoms. The van der Waals surface area contributed by atoms with Crippen LogP contribution in [0.15, 0.2) is 59.6 Å². The molecule has 142 valence electrons. The predicted molar refractivity (Wildman–Crippen MR) is 112 cm³/mol. The SMILES string of the molecule is O=C(NCc1ccsc1)c1cc(-c2ccn(C3CCCC3)n2)n2ccccc12. The maximum atomic E-state index is 12.9. The molecule has 6 heteroatoms. The summed E-state index contributed by atoms with van der Waals surface area (Å²) in [5.74, 6) is -0.0589. The number of rotatable bonds is 5. The van der Waals surface area contributed by atoms with Crippen molar-refractivity contribution in [2.45, 2.75) is 38.3 Å². The van der Waals surface area contributed by atoms with Gasteiger partial charge in [-0.05, 0) is 59.5 Å². The standard InChI is InChI=1S/C22H22N4OS/c27-22(23-14-16-9-12-28-15-16)18-13-21(25-10-4-3-7-20(18)25)19-8-11-26(24-19)17-5-1-2-6-17/h3-4,7-13,15,17H,1-2,5-6,14H2,(H,23,27). The average molecular weight is 391 g/mol. The average Bonchev–Trinajstić information content (AvgIpc) is 3.52. The summed E-state index contributed by atoms with van der Waals surface area (Å²) in [4.78, 5) is 12.9. The van der Waals surface area contributed by atoms with Crippen molar-refractivity contribution in [3.8, 4) is 11.4 Å². The molecule has 1 saturated carbocycles. The third-order valence-electron chi connectivity index (χ3n) is 5.52. The van der Waals surface area contributed by atoms with E-state index in [2.05, 4.69) is 32.0 Å². The molecule has 0 unspecified atom stereocenters. The van der Waals surface area contributed by atoms with Gasteiger partial charge in [0.1, 0.15) is 5.69 Å². The molecule has 1 N–H and O–H groups in total. The van der Waals surface area contributed by atoms with Crippen LogP contribution in [0.5, 0.6) is 0 Å². The highest BCUT2D eigenvalue weighted by Crippen LogP contribution is 2.31. The molecule has 1 aliphatic rings. The molecule has 5 nitrogen and oxygen atoms in total. The molecule has 0 spiro atoms. The van der Waals surface area contributed by atoms with Crippen molar-refractivity contribution in [3.05, 3.63) is 70.7 Å². The van der Waals surface area contributed by atoms with Gasteiger partial charge >= 0.3 is 0 Å². The van der Waals surface area contributed by atoms with Gasteiger partial charge in [0.25, 0.3) is 5.91 Å². The first-order valence-electron chi connectivity index (χ1n) is 9.74. The Labute approximate surface area is 167 Å². The van der Waals surface area contributed by atoms with Crippen molar-refractivity contribution in [1.82, 2.24) is 19.5 Å². The third kappa shape index (κ3) is 3.14. The fourth-order valence-corrected chi connectivity index (χ4v) is 4.72. The van der Waals surface area contributed by atoms with Crippen LogP contribution in [0.2, 0.25) is 0 Å².